The molecule has 1 rings (SSSR count). The number of hydrogen-bond acceptors (Lipinski definition) is 4. The third-order valence-electron chi connectivity index (χ3n) is 2.17. The van der Waals surface area contributed by atoms with Gasteiger partial charge in [0.25, 0.3) is 0 Å². The lowest BCUT2D eigenvalue weighted by atomic mass is 10.2. The number of hydrogen-bond donors (Lipinski definition) is 1. The van der Waals surface area contributed by atoms with Crippen LogP contribution in [0.1, 0.15) is 16.1 Å². The number of pyridine rings is 1. The molecule has 0 amide bonds. The predicted molar refractivity (Wildman–Crippen MR) is 59.4 cm³/mol. The van der Waals surface area contributed by atoms with Gasteiger partial charge < -0.3 is 9.84 Å². The van der Waals surface area contributed by atoms with Crippen molar-refractivity contribution in [1.82, 2.24) is 9.88 Å². The molecule has 0 aliphatic rings. The fraction of sp³-hybridized carbons (Fsp3) is 0.455. The lowest BCUT2D eigenvalue weighted by Gasteiger charge is -2.15. The van der Waals surface area contributed by atoms with Crippen LogP contribution in [0, 0.1) is 0 Å². The summed E-state index contributed by atoms with van der Waals surface area (Å²) in [7, 11) is 3.61. The zero-order valence-electron chi connectivity index (χ0n) is 9.51. The van der Waals surface area contributed by atoms with Gasteiger partial charge in [-0.3, -0.25) is 4.90 Å². The number of carbonyl (C=O) groups is 1. The summed E-state index contributed by atoms with van der Waals surface area (Å²) in [4.78, 5) is 16.5. The number of aromatic nitrogens is 1. The van der Waals surface area contributed by atoms with Crippen molar-refractivity contribution >= 4 is 5.97 Å². The van der Waals surface area contributed by atoms with E-state index in [-0.39, 0.29) is 5.69 Å². The maximum absolute atomic E-state index is 10.7. The van der Waals surface area contributed by atoms with E-state index in [1.54, 1.807) is 13.2 Å². The third-order valence-corrected chi connectivity index (χ3v) is 2.17. The molecule has 0 saturated carbocycles. The highest BCUT2D eigenvalue weighted by atomic mass is 16.5. The fourth-order valence-electron chi connectivity index (χ4n) is 1.33. The quantitative estimate of drug-likeness (QED) is 0.776. The summed E-state index contributed by atoms with van der Waals surface area (Å²) in [6.45, 7) is 2.15. The van der Waals surface area contributed by atoms with Crippen molar-refractivity contribution in [2.45, 2.75) is 6.54 Å². The van der Waals surface area contributed by atoms with E-state index < -0.39 is 5.97 Å². The second-order valence-corrected chi connectivity index (χ2v) is 3.59. The molecule has 1 N–H and O–H groups in total. The Labute approximate surface area is 94.7 Å². The van der Waals surface area contributed by atoms with Gasteiger partial charge in [0.05, 0.1) is 6.61 Å². The van der Waals surface area contributed by atoms with Crippen molar-refractivity contribution in [2.24, 2.45) is 0 Å². The molecular weight excluding hydrogens is 208 g/mol. The van der Waals surface area contributed by atoms with Gasteiger partial charge in [-0.1, -0.05) is 0 Å². The van der Waals surface area contributed by atoms with Crippen molar-refractivity contribution in [2.75, 3.05) is 27.3 Å². The Hall–Kier alpha value is -1.46. The van der Waals surface area contributed by atoms with Crippen LogP contribution < -0.4 is 0 Å². The maximum Gasteiger partial charge on any atom is 0.354 e. The molecule has 1 heterocycles. The van der Waals surface area contributed by atoms with Gasteiger partial charge >= 0.3 is 5.97 Å². The van der Waals surface area contributed by atoms with Crippen molar-refractivity contribution in [3.8, 4) is 0 Å². The molecular formula is C11H16N2O3. The Bertz CT molecular complexity index is 355. The van der Waals surface area contributed by atoms with E-state index in [9.17, 15) is 4.79 Å². The van der Waals surface area contributed by atoms with E-state index in [0.717, 1.165) is 12.1 Å². The van der Waals surface area contributed by atoms with Crippen LogP contribution in [-0.4, -0.2) is 48.3 Å². The maximum atomic E-state index is 10.7. The largest absolute Gasteiger partial charge is 0.477 e. The standard InChI is InChI=1S/C11H16N2O3/c1-13(5-6-16-2)8-9-3-4-12-10(7-9)11(14)15/h3-4,7H,5-6,8H2,1-2H3,(H,14,15). The lowest BCUT2D eigenvalue weighted by Crippen LogP contribution is -2.22. The number of ether oxygens (including phenoxy) is 1. The van der Waals surface area contributed by atoms with E-state index in [2.05, 4.69) is 9.88 Å². The lowest BCUT2D eigenvalue weighted by molar-refractivity contribution is 0.0690. The summed E-state index contributed by atoms with van der Waals surface area (Å²) in [5.41, 5.74) is 1.02. The summed E-state index contributed by atoms with van der Waals surface area (Å²) < 4.78 is 4.96. The Morgan fingerprint density at radius 2 is 2.38 bits per heavy atom. The Morgan fingerprint density at radius 1 is 1.62 bits per heavy atom. The van der Waals surface area contributed by atoms with Crippen LogP contribution in [0.3, 0.4) is 0 Å². The Kier molecular flexibility index (Phi) is 4.88. The number of methoxy groups -OCH3 is 1. The number of likely N-dealkylation sites (N-methyl/N-ethyl adjacent to an activating group) is 1. The first-order valence-electron chi connectivity index (χ1n) is 4.99. The summed E-state index contributed by atoms with van der Waals surface area (Å²) in [6, 6.07) is 3.40. The molecule has 0 fully saturated rings. The Morgan fingerprint density at radius 3 is 3.00 bits per heavy atom. The number of carboxylic acids is 1. The minimum atomic E-state index is -0.999. The summed E-state index contributed by atoms with van der Waals surface area (Å²) in [6.07, 6.45) is 1.52. The normalized spacial score (nSPS) is 10.7. The van der Waals surface area contributed by atoms with Gasteiger partial charge in [-0.25, -0.2) is 9.78 Å². The average Bonchev–Trinajstić information content (AvgIpc) is 2.26. The summed E-state index contributed by atoms with van der Waals surface area (Å²) in [5, 5.41) is 8.79. The van der Waals surface area contributed by atoms with Crippen LogP contribution in [0.25, 0.3) is 0 Å². The molecule has 0 aromatic carbocycles. The van der Waals surface area contributed by atoms with Gasteiger partial charge in [-0.05, 0) is 24.7 Å². The van der Waals surface area contributed by atoms with E-state index in [1.165, 1.54) is 6.20 Å². The van der Waals surface area contributed by atoms with Gasteiger partial charge in [0.15, 0.2) is 0 Å². The number of carboxylic acid groups (broad SMARTS) is 1. The first-order valence-corrected chi connectivity index (χ1v) is 4.99. The SMILES string of the molecule is COCCN(C)Cc1ccnc(C(=O)O)c1. The number of aromatic carboxylic acids is 1. The smallest absolute Gasteiger partial charge is 0.354 e. The van der Waals surface area contributed by atoms with E-state index >= 15 is 0 Å². The van der Waals surface area contributed by atoms with Crippen LogP contribution in [0.4, 0.5) is 0 Å². The molecule has 1 aromatic rings. The monoisotopic (exact) mass is 224 g/mol. The highest BCUT2D eigenvalue weighted by molar-refractivity contribution is 5.85. The summed E-state index contributed by atoms with van der Waals surface area (Å²) >= 11 is 0. The first-order chi connectivity index (χ1) is 7.63. The fourth-order valence-corrected chi connectivity index (χ4v) is 1.33. The van der Waals surface area contributed by atoms with Gasteiger partial charge in [0, 0.05) is 26.4 Å². The molecule has 5 heteroatoms. The van der Waals surface area contributed by atoms with Crippen LogP contribution in [0.2, 0.25) is 0 Å². The second-order valence-electron chi connectivity index (χ2n) is 3.59. The first kappa shape index (κ1) is 12.6. The van der Waals surface area contributed by atoms with Crippen LogP contribution in [-0.2, 0) is 11.3 Å². The van der Waals surface area contributed by atoms with Gasteiger partial charge in [0.2, 0.25) is 0 Å². The molecule has 0 radical (unpaired) electrons. The van der Waals surface area contributed by atoms with Crippen molar-refractivity contribution in [1.29, 1.82) is 0 Å². The number of rotatable bonds is 6. The molecule has 0 atom stereocenters. The van der Waals surface area contributed by atoms with E-state index in [1.807, 2.05) is 13.1 Å². The molecule has 0 unspecified atom stereocenters. The molecule has 16 heavy (non-hydrogen) atoms. The van der Waals surface area contributed by atoms with Gasteiger partial charge in [0.1, 0.15) is 5.69 Å². The number of nitrogens with zero attached hydrogens (tertiary/aromatic N) is 2. The molecule has 5 nitrogen and oxygen atoms in total. The Balaban J connectivity index is 2.59. The van der Waals surface area contributed by atoms with Gasteiger partial charge in [-0.2, -0.15) is 0 Å². The minimum Gasteiger partial charge on any atom is -0.477 e. The molecule has 0 aliphatic heterocycles. The zero-order chi connectivity index (χ0) is 12.0. The molecule has 0 saturated heterocycles. The van der Waals surface area contributed by atoms with Crippen molar-refractivity contribution in [3.05, 3.63) is 29.6 Å². The summed E-state index contributed by atoms with van der Waals surface area (Å²) in [5.74, 6) is -0.999. The molecule has 0 spiro atoms. The zero-order valence-corrected chi connectivity index (χ0v) is 9.51. The van der Waals surface area contributed by atoms with E-state index in [0.29, 0.717) is 13.2 Å². The molecule has 88 valence electrons. The van der Waals surface area contributed by atoms with E-state index in [4.69, 9.17) is 9.84 Å². The molecule has 0 aliphatic carbocycles. The van der Waals surface area contributed by atoms with Crippen LogP contribution in [0.5, 0.6) is 0 Å². The predicted octanol–water partition coefficient (Wildman–Crippen LogP) is 0.858. The molecule has 0 bridgehead atoms. The minimum absolute atomic E-state index is 0.0811. The highest BCUT2D eigenvalue weighted by Gasteiger charge is 2.06. The van der Waals surface area contributed by atoms with Gasteiger partial charge in [-0.15, -0.1) is 0 Å². The second kappa shape index (κ2) is 6.19. The van der Waals surface area contributed by atoms with Crippen molar-refractivity contribution in [3.63, 3.8) is 0 Å². The van der Waals surface area contributed by atoms with Crippen LogP contribution >= 0.6 is 0 Å². The third kappa shape index (κ3) is 3.96. The highest BCUT2D eigenvalue weighted by Crippen LogP contribution is 2.04. The topological polar surface area (TPSA) is 62.7 Å². The molecule has 1 aromatic heterocycles. The van der Waals surface area contributed by atoms with Crippen molar-refractivity contribution < 1.29 is 14.6 Å². The van der Waals surface area contributed by atoms with Crippen LogP contribution in [0.15, 0.2) is 18.3 Å². The average molecular weight is 224 g/mol.